The van der Waals surface area contributed by atoms with Crippen LogP contribution in [0.1, 0.15) is 38.3 Å². The molecule has 0 fully saturated rings. The SMILES string of the molecule is CCCc1c(NCC)ncnc1Nc1ccccc1CC. The molecular formula is C17H24N4. The van der Waals surface area contributed by atoms with Crippen molar-refractivity contribution in [1.29, 1.82) is 0 Å². The molecule has 1 aromatic heterocycles. The van der Waals surface area contributed by atoms with E-state index in [9.17, 15) is 0 Å². The highest BCUT2D eigenvalue weighted by Gasteiger charge is 2.11. The standard InChI is InChI=1S/C17H24N4/c1-4-9-14-16(18-6-3)19-12-20-17(14)21-15-11-8-7-10-13(15)5-2/h7-8,10-12H,4-6,9H2,1-3H3,(H2,18,19,20,21). The Bertz CT molecular complexity index is 581. The van der Waals surface area contributed by atoms with Crippen molar-refractivity contribution in [2.75, 3.05) is 17.2 Å². The summed E-state index contributed by atoms with van der Waals surface area (Å²) in [6, 6.07) is 8.37. The Morgan fingerprint density at radius 3 is 2.48 bits per heavy atom. The molecule has 0 aliphatic carbocycles. The molecular weight excluding hydrogens is 260 g/mol. The fourth-order valence-corrected chi connectivity index (χ4v) is 2.40. The Balaban J connectivity index is 2.36. The van der Waals surface area contributed by atoms with E-state index in [0.29, 0.717) is 0 Å². The molecule has 0 saturated carbocycles. The van der Waals surface area contributed by atoms with Crippen LogP contribution in [0.5, 0.6) is 0 Å². The van der Waals surface area contributed by atoms with Crippen LogP contribution in [0, 0.1) is 0 Å². The first-order valence-corrected chi connectivity index (χ1v) is 7.72. The van der Waals surface area contributed by atoms with Crippen molar-refractivity contribution in [2.45, 2.75) is 40.0 Å². The first-order valence-electron chi connectivity index (χ1n) is 7.72. The van der Waals surface area contributed by atoms with Crippen LogP contribution in [0.3, 0.4) is 0 Å². The van der Waals surface area contributed by atoms with E-state index in [-0.39, 0.29) is 0 Å². The third-order valence-electron chi connectivity index (χ3n) is 3.44. The zero-order valence-corrected chi connectivity index (χ0v) is 13.1. The number of rotatable bonds is 7. The van der Waals surface area contributed by atoms with Gasteiger partial charge in [0.15, 0.2) is 0 Å². The van der Waals surface area contributed by atoms with Crippen LogP contribution in [-0.2, 0) is 12.8 Å². The quantitative estimate of drug-likeness (QED) is 0.801. The van der Waals surface area contributed by atoms with E-state index in [1.54, 1.807) is 6.33 Å². The summed E-state index contributed by atoms with van der Waals surface area (Å²) in [6.07, 6.45) is 4.64. The first kappa shape index (κ1) is 15.3. The smallest absolute Gasteiger partial charge is 0.139 e. The molecule has 1 heterocycles. The van der Waals surface area contributed by atoms with Crippen molar-refractivity contribution < 1.29 is 0 Å². The predicted molar refractivity (Wildman–Crippen MR) is 89.3 cm³/mol. The van der Waals surface area contributed by atoms with E-state index in [1.165, 1.54) is 5.56 Å². The summed E-state index contributed by atoms with van der Waals surface area (Å²) < 4.78 is 0. The lowest BCUT2D eigenvalue weighted by Gasteiger charge is -2.16. The second kappa shape index (κ2) is 7.62. The van der Waals surface area contributed by atoms with Gasteiger partial charge >= 0.3 is 0 Å². The Morgan fingerprint density at radius 2 is 1.76 bits per heavy atom. The Morgan fingerprint density at radius 1 is 1.00 bits per heavy atom. The minimum absolute atomic E-state index is 0.860. The van der Waals surface area contributed by atoms with E-state index in [4.69, 9.17) is 0 Å². The lowest BCUT2D eigenvalue weighted by atomic mass is 10.1. The van der Waals surface area contributed by atoms with Crippen LogP contribution in [0.4, 0.5) is 17.3 Å². The second-order valence-corrected chi connectivity index (χ2v) is 4.97. The zero-order valence-electron chi connectivity index (χ0n) is 13.1. The van der Waals surface area contributed by atoms with Crippen molar-refractivity contribution in [3.05, 3.63) is 41.7 Å². The molecule has 21 heavy (non-hydrogen) atoms. The molecule has 0 aliphatic rings. The average Bonchev–Trinajstić information content (AvgIpc) is 2.51. The number of benzene rings is 1. The summed E-state index contributed by atoms with van der Waals surface area (Å²) in [7, 11) is 0. The van der Waals surface area contributed by atoms with E-state index in [0.717, 1.165) is 48.7 Å². The van der Waals surface area contributed by atoms with E-state index in [2.05, 4.69) is 59.6 Å². The Labute approximate surface area is 127 Å². The molecule has 112 valence electrons. The number of nitrogens with one attached hydrogen (secondary N) is 2. The number of aromatic nitrogens is 2. The lowest BCUT2D eigenvalue weighted by molar-refractivity contribution is 0.902. The molecule has 0 atom stereocenters. The van der Waals surface area contributed by atoms with Gasteiger partial charge in [0, 0.05) is 17.8 Å². The van der Waals surface area contributed by atoms with Crippen LogP contribution in [0.25, 0.3) is 0 Å². The molecule has 0 spiro atoms. The fourth-order valence-electron chi connectivity index (χ4n) is 2.40. The summed E-state index contributed by atoms with van der Waals surface area (Å²) in [5.74, 6) is 1.84. The third-order valence-corrected chi connectivity index (χ3v) is 3.44. The minimum atomic E-state index is 0.860. The van der Waals surface area contributed by atoms with Crippen LogP contribution in [0.2, 0.25) is 0 Å². The van der Waals surface area contributed by atoms with E-state index in [1.807, 2.05) is 6.07 Å². The molecule has 0 saturated heterocycles. The summed E-state index contributed by atoms with van der Waals surface area (Å²) in [5, 5.41) is 6.81. The fraction of sp³-hybridized carbons (Fsp3) is 0.412. The minimum Gasteiger partial charge on any atom is -0.370 e. The average molecular weight is 284 g/mol. The van der Waals surface area contributed by atoms with Gasteiger partial charge in [-0.2, -0.15) is 0 Å². The van der Waals surface area contributed by atoms with Crippen LogP contribution >= 0.6 is 0 Å². The molecule has 0 amide bonds. The van der Waals surface area contributed by atoms with Gasteiger partial charge in [0.2, 0.25) is 0 Å². The lowest BCUT2D eigenvalue weighted by Crippen LogP contribution is -2.08. The van der Waals surface area contributed by atoms with Gasteiger partial charge in [0.25, 0.3) is 0 Å². The van der Waals surface area contributed by atoms with Gasteiger partial charge in [0.05, 0.1) is 0 Å². The maximum absolute atomic E-state index is 4.45. The van der Waals surface area contributed by atoms with Crippen LogP contribution < -0.4 is 10.6 Å². The number of anilines is 3. The van der Waals surface area contributed by atoms with Gasteiger partial charge in [-0.3, -0.25) is 0 Å². The van der Waals surface area contributed by atoms with Crippen molar-refractivity contribution in [3.8, 4) is 0 Å². The molecule has 4 nitrogen and oxygen atoms in total. The van der Waals surface area contributed by atoms with Gasteiger partial charge in [-0.1, -0.05) is 38.5 Å². The van der Waals surface area contributed by atoms with Gasteiger partial charge in [-0.25, -0.2) is 9.97 Å². The number of hydrogen-bond acceptors (Lipinski definition) is 4. The largest absolute Gasteiger partial charge is 0.370 e. The molecule has 2 aromatic rings. The highest BCUT2D eigenvalue weighted by molar-refractivity contribution is 5.67. The maximum Gasteiger partial charge on any atom is 0.139 e. The summed E-state index contributed by atoms with van der Waals surface area (Å²) in [4.78, 5) is 8.82. The predicted octanol–water partition coefficient (Wildman–Crippen LogP) is 4.17. The van der Waals surface area contributed by atoms with Gasteiger partial charge < -0.3 is 10.6 Å². The molecule has 2 N–H and O–H groups in total. The van der Waals surface area contributed by atoms with Gasteiger partial charge in [0.1, 0.15) is 18.0 Å². The maximum atomic E-state index is 4.45. The molecule has 0 unspecified atom stereocenters. The van der Waals surface area contributed by atoms with Gasteiger partial charge in [-0.05, 0) is 31.4 Å². The highest BCUT2D eigenvalue weighted by Crippen LogP contribution is 2.26. The normalized spacial score (nSPS) is 10.4. The van der Waals surface area contributed by atoms with Crippen LogP contribution in [-0.4, -0.2) is 16.5 Å². The summed E-state index contributed by atoms with van der Waals surface area (Å²) in [6.45, 7) is 7.28. The monoisotopic (exact) mass is 284 g/mol. The van der Waals surface area contributed by atoms with Gasteiger partial charge in [-0.15, -0.1) is 0 Å². The molecule has 4 heteroatoms. The topological polar surface area (TPSA) is 49.8 Å². The third kappa shape index (κ3) is 3.72. The van der Waals surface area contributed by atoms with Crippen molar-refractivity contribution in [3.63, 3.8) is 0 Å². The summed E-state index contributed by atoms with van der Waals surface area (Å²) in [5.41, 5.74) is 3.58. The summed E-state index contributed by atoms with van der Waals surface area (Å²) >= 11 is 0. The number of aryl methyl sites for hydroxylation is 1. The second-order valence-electron chi connectivity index (χ2n) is 4.97. The number of nitrogens with zero attached hydrogens (tertiary/aromatic N) is 2. The van der Waals surface area contributed by atoms with Crippen molar-refractivity contribution >= 4 is 17.3 Å². The highest BCUT2D eigenvalue weighted by atomic mass is 15.1. The molecule has 2 rings (SSSR count). The zero-order chi connectivity index (χ0) is 15.1. The molecule has 0 bridgehead atoms. The van der Waals surface area contributed by atoms with Crippen LogP contribution in [0.15, 0.2) is 30.6 Å². The Kier molecular flexibility index (Phi) is 5.55. The van der Waals surface area contributed by atoms with Crippen molar-refractivity contribution in [2.24, 2.45) is 0 Å². The Hall–Kier alpha value is -2.10. The first-order chi connectivity index (χ1) is 10.3. The number of para-hydroxylation sites is 1. The molecule has 0 radical (unpaired) electrons. The number of hydrogen-bond donors (Lipinski definition) is 2. The molecule has 1 aromatic carbocycles. The van der Waals surface area contributed by atoms with E-state index >= 15 is 0 Å². The molecule has 0 aliphatic heterocycles. The van der Waals surface area contributed by atoms with Crippen molar-refractivity contribution in [1.82, 2.24) is 9.97 Å². The van der Waals surface area contributed by atoms with E-state index < -0.39 is 0 Å².